The summed E-state index contributed by atoms with van der Waals surface area (Å²) < 4.78 is 5.15. The zero-order valence-electron chi connectivity index (χ0n) is 10.7. The van der Waals surface area contributed by atoms with Crippen LogP contribution in [0.1, 0.15) is 19.3 Å². The van der Waals surface area contributed by atoms with Crippen molar-refractivity contribution in [1.82, 2.24) is 9.88 Å². The van der Waals surface area contributed by atoms with E-state index in [1.807, 2.05) is 12.1 Å². The van der Waals surface area contributed by atoms with Gasteiger partial charge in [0.25, 0.3) is 0 Å². The number of aromatic nitrogens is 1. The maximum atomic E-state index is 5.77. The standard InChI is InChI=1S/C13H20N4O/c1-18-13-9(14)4-5-12(16-13)15-10-6-8-17-7-2-3-11(10)17/h4-5,10-11H,2-3,6-8,14H2,1H3,(H,15,16). The number of methoxy groups -OCH3 is 1. The second-order valence-electron chi connectivity index (χ2n) is 5.08. The van der Waals surface area contributed by atoms with Gasteiger partial charge in [0, 0.05) is 18.6 Å². The van der Waals surface area contributed by atoms with Gasteiger partial charge in [-0.15, -0.1) is 0 Å². The van der Waals surface area contributed by atoms with Crippen LogP contribution in [0.2, 0.25) is 0 Å². The van der Waals surface area contributed by atoms with E-state index in [-0.39, 0.29) is 0 Å². The van der Waals surface area contributed by atoms with Crippen LogP contribution in [0.3, 0.4) is 0 Å². The molecule has 0 bridgehead atoms. The Kier molecular flexibility index (Phi) is 2.99. The molecule has 0 aliphatic carbocycles. The number of nitrogens with zero attached hydrogens (tertiary/aromatic N) is 2. The van der Waals surface area contributed by atoms with Crippen LogP contribution in [0.25, 0.3) is 0 Å². The molecular formula is C13H20N4O. The topological polar surface area (TPSA) is 63.4 Å². The predicted octanol–water partition coefficient (Wildman–Crippen LogP) is 1.32. The molecule has 5 nitrogen and oxygen atoms in total. The van der Waals surface area contributed by atoms with Gasteiger partial charge in [-0.05, 0) is 37.9 Å². The van der Waals surface area contributed by atoms with E-state index < -0.39 is 0 Å². The van der Waals surface area contributed by atoms with Gasteiger partial charge in [0.05, 0.1) is 12.8 Å². The summed E-state index contributed by atoms with van der Waals surface area (Å²) in [5.41, 5.74) is 6.35. The van der Waals surface area contributed by atoms with Gasteiger partial charge >= 0.3 is 0 Å². The number of nitrogens with two attached hydrogens (primary N) is 1. The number of hydrogen-bond donors (Lipinski definition) is 2. The molecule has 2 unspecified atom stereocenters. The molecule has 98 valence electrons. The fourth-order valence-corrected chi connectivity index (χ4v) is 3.14. The monoisotopic (exact) mass is 248 g/mol. The summed E-state index contributed by atoms with van der Waals surface area (Å²) in [6, 6.07) is 4.95. The highest BCUT2D eigenvalue weighted by molar-refractivity contribution is 5.54. The van der Waals surface area contributed by atoms with E-state index in [1.54, 1.807) is 7.11 Å². The second kappa shape index (κ2) is 4.65. The van der Waals surface area contributed by atoms with Gasteiger partial charge in [-0.25, -0.2) is 0 Å². The minimum atomic E-state index is 0.501. The van der Waals surface area contributed by atoms with Gasteiger partial charge in [0.15, 0.2) is 0 Å². The molecule has 5 heteroatoms. The fraction of sp³-hybridized carbons (Fsp3) is 0.615. The lowest BCUT2D eigenvalue weighted by atomic mass is 10.1. The molecule has 0 amide bonds. The molecule has 18 heavy (non-hydrogen) atoms. The van der Waals surface area contributed by atoms with Crippen molar-refractivity contribution in [3.8, 4) is 5.88 Å². The van der Waals surface area contributed by atoms with Crippen LogP contribution in [-0.2, 0) is 0 Å². The number of nitrogen functional groups attached to an aromatic ring is 1. The summed E-state index contributed by atoms with van der Waals surface area (Å²) >= 11 is 0. The van der Waals surface area contributed by atoms with Crippen LogP contribution in [0.15, 0.2) is 12.1 Å². The second-order valence-corrected chi connectivity index (χ2v) is 5.08. The largest absolute Gasteiger partial charge is 0.479 e. The third-order valence-electron chi connectivity index (χ3n) is 4.02. The Balaban J connectivity index is 1.72. The molecule has 2 aliphatic heterocycles. The third kappa shape index (κ3) is 1.99. The molecule has 0 radical (unpaired) electrons. The number of hydrogen-bond acceptors (Lipinski definition) is 5. The molecule has 0 aromatic carbocycles. The Morgan fingerprint density at radius 1 is 1.39 bits per heavy atom. The number of fused-ring (bicyclic) bond motifs is 1. The Bertz CT molecular complexity index is 437. The number of rotatable bonds is 3. The Morgan fingerprint density at radius 3 is 3.11 bits per heavy atom. The highest BCUT2D eigenvalue weighted by Gasteiger charge is 2.37. The highest BCUT2D eigenvalue weighted by Crippen LogP contribution is 2.30. The summed E-state index contributed by atoms with van der Waals surface area (Å²) in [5, 5.41) is 3.53. The molecule has 0 spiro atoms. The molecule has 2 aliphatic rings. The molecule has 3 heterocycles. The maximum absolute atomic E-state index is 5.77. The first kappa shape index (κ1) is 11.6. The van der Waals surface area contributed by atoms with Gasteiger partial charge in [-0.1, -0.05) is 0 Å². The van der Waals surface area contributed by atoms with E-state index in [0.717, 1.165) is 5.82 Å². The molecule has 2 saturated heterocycles. The molecule has 0 saturated carbocycles. The Hall–Kier alpha value is -1.49. The first-order valence-electron chi connectivity index (χ1n) is 6.59. The Morgan fingerprint density at radius 2 is 2.28 bits per heavy atom. The van der Waals surface area contributed by atoms with Crippen LogP contribution in [0.5, 0.6) is 5.88 Å². The van der Waals surface area contributed by atoms with E-state index in [4.69, 9.17) is 10.5 Å². The smallest absolute Gasteiger partial charge is 0.238 e. The quantitative estimate of drug-likeness (QED) is 0.844. The van der Waals surface area contributed by atoms with E-state index in [0.29, 0.717) is 23.7 Å². The predicted molar refractivity (Wildman–Crippen MR) is 71.8 cm³/mol. The molecule has 1 aromatic heterocycles. The molecular weight excluding hydrogens is 228 g/mol. The van der Waals surface area contributed by atoms with Gasteiger partial charge in [0.1, 0.15) is 5.82 Å². The van der Waals surface area contributed by atoms with Crippen LogP contribution < -0.4 is 15.8 Å². The summed E-state index contributed by atoms with van der Waals surface area (Å²) in [5.74, 6) is 1.36. The molecule has 1 aromatic rings. The van der Waals surface area contributed by atoms with E-state index in [2.05, 4.69) is 15.2 Å². The van der Waals surface area contributed by atoms with Crippen molar-refractivity contribution in [2.75, 3.05) is 31.2 Å². The van der Waals surface area contributed by atoms with Crippen molar-refractivity contribution in [2.24, 2.45) is 0 Å². The lowest BCUT2D eigenvalue weighted by Gasteiger charge is -2.22. The third-order valence-corrected chi connectivity index (χ3v) is 4.02. The summed E-state index contributed by atoms with van der Waals surface area (Å²) in [6.45, 7) is 2.45. The van der Waals surface area contributed by atoms with Crippen molar-refractivity contribution in [3.63, 3.8) is 0 Å². The van der Waals surface area contributed by atoms with Gasteiger partial charge < -0.3 is 15.8 Å². The normalized spacial score (nSPS) is 27.2. The summed E-state index contributed by atoms with van der Waals surface area (Å²) in [6.07, 6.45) is 3.81. The van der Waals surface area contributed by atoms with Crippen molar-refractivity contribution in [1.29, 1.82) is 0 Å². The van der Waals surface area contributed by atoms with Crippen molar-refractivity contribution in [2.45, 2.75) is 31.3 Å². The van der Waals surface area contributed by atoms with E-state index in [9.17, 15) is 0 Å². The van der Waals surface area contributed by atoms with Gasteiger partial charge in [-0.3, -0.25) is 4.90 Å². The van der Waals surface area contributed by atoms with Gasteiger partial charge in [-0.2, -0.15) is 4.98 Å². The summed E-state index contributed by atoms with van der Waals surface area (Å²) in [7, 11) is 1.59. The van der Waals surface area contributed by atoms with Crippen molar-refractivity contribution < 1.29 is 4.74 Å². The van der Waals surface area contributed by atoms with Crippen LogP contribution in [-0.4, -0.2) is 42.2 Å². The average molecular weight is 248 g/mol. The van der Waals surface area contributed by atoms with Gasteiger partial charge in [0.2, 0.25) is 5.88 Å². The average Bonchev–Trinajstić information content (AvgIpc) is 2.96. The number of anilines is 2. The Labute approximate surface area is 107 Å². The first-order valence-corrected chi connectivity index (χ1v) is 6.59. The molecule has 2 fully saturated rings. The minimum Gasteiger partial charge on any atom is -0.479 e. The summed E-state index contributed by atoms with van der Waals surface area (Å²) in [4.78, 5) is 6.97. The van der Waals surface area contributed by atoms with Crippen LogP contribution in [0, 0.1) is 0 Å². The first-order chi connectivity index (χ1) is 8.78. The lowest BCUT2D eigenvalue weighted by molar-refractivity contribution is 0.318. The van der Waals surface area contributed by atoms with Crippen molar-refractivity contribution >= 4 is 11.5 Å². The number of pyridine rings is 1. The fourth-order valence-electron chi connectivity index (χ4n) is 3.14. The van der Waals surface area contributed by atoms with Crippen molar-refractivity contribution in [3.05, 3.63) is 12.1 Å². The highest BCUT2D eigenvalue weighted by atomic mass is 16.5. The maximum Gasteiger partial charge on any atom is 0.238 e. The number of nitrogens with one attached hydrogen (secondary N) is 1. The molecule has 3 N–H and O–H groups in total. The zero-order chi connectivity index (χ0) is 12.5. The SMILES string of the molecule is COc1nc(NC2CCN3CCCC23)ccc1N. The number of ether oxygens (including phenoxy) is 1. The van der Waals surface area contributed by atoms with E-state index >= 15 is 0 Å². The lowest BCUT2D eigenvalue weighted by Crippen LogP contribution is -2.34. The van der Waals surface area contributed by atoms with Crippen LogP contribution in [0.4, 0.5) is 11.5 Å². The van der Waals surface area contributed by atoms with Crippen LogP contribution >= 0.6 is 0 Å². The zero-order valence-corrected chi connectivity index (χ0v) is 10.7. The minimum absolute atomic E-state index is 0.501. The van der Waals surface area contributed by atoms with E-state index in [1.165, 1.54) is 32.4 Å². The molecule has 2 atom stereocenters. The molecule has 3 rings (SSSR count).